The second-order valence-electron chi connectivity index (χ2n) is 3.05. The number of carbonyl (C=O) groups is 2. The largest absolute Gasteiger partial charge is 0.478 e. The summed E-state index contributed by atoms with van der Waals surface area (Å²) in [6, 6.07) is 0. The number of nitrogens with one attached hydrogen (secondary N) is 2. The number of nitrogens with zero attached hydrogens (tertiary/aromatic N) is 1. The molecule has 0 saturated heterocycles. The van der Waals surface area contributed by atoms with Gasteiger partial charge in [-0.1, -0.05) is 0 Å². The summed E-state index contributed by atoms with van der Waals surface area (Å²) >= 11 is 0. The molecule has 100 valence electrons. The molecule has 0 aliphatic heterocycles. The van der Waals surface area contributed by atoms with Gasteiger partial charge >= 0.3 is 11.9 Å². The molecule has 1 rings (SSSR count). The summed E-state index contributed by atoms with van der Waals surface area (Å²) in [6.45, 7) is 1.10. The van der Waals surface area contributed by atoms with E-state index in [9.17, 15) is 18.0 Å². The van der Waals surface area contributed by atoms with Crippen molar-refractivity contribution in [3.63, 3.8) is 0 Å². The van der Waals surface area contributed by atoms with Crippen molar-refractivity contribution >= 4 is 22.0 Å². The molecular formula is C8H11N3O6S. The second kappa shape index (κ2) is 5.60. The van der Waals surface area contributed by atoms with Gasteiger partial charge in [0, 0.05) is 0 Å². The van der Waals surface area contributed by atoms with Crippen LogP contribution in [-0.4, -0.2) is 48.8 Å². The molecule has 9 nitrogen and oxygen atoms in total. The van der Waals surface area contributed by atoms with Crippen molar-refractivity contribution in [3.8, 4) is 0 Å². The summed E-state index contributed by atoms with van der Waals surface area (Å²) in [5.74, 6) is -2.21. The van der Waals surface area contributed by atoms with Crippen LogP contribution in [-0.2, 0) is 19.6 Å². The van der Waals surface area contributed by atoms with E-state index in [0.29, 0.717) is 0 Å². The number of hydrogen-bond acceptors (Lipinski definition) is 6. The Bertz CT molecular complexity index is 549. The third-order valence-electron chi connectivity index (χ3n) is 1.82. The summed E-state index contributed by atoms with van der Waals surface area (Å²) in [5, 5.41) is 13.5. The first-order chi connectivity index (χ1) is 8.38. The maximum atomic E-state index is 11.7. The highest BCUT2D eigenvalue weighted by Gasteiger charge is 2.25. The van der Waals surface area contributed by atoms with E-state index in [1.54, 1.807) is 6.92 Å². The van der Waals surface area contributed by atoms with Crippen LogP contribution in [0.4, 0.5) is 0 Å². The zero-order valence-electron chi connectivity index (χ0n) is 9.34. The number of rotatable bonds is 6. The molecule has 0 aromatic carbocycles. The van der Waals surface area contributed by atoms with Gasteiger partial charge in [0.25, 0.3) is 10.0 Å². The molecule has 0 unspecified atom stereocenters. The minimum Gasteiger partial charge on any atom is -0.478 e. The van der Waals surface area contributed by atoms with Crippen molar-refractivity contribution in [3.05, 3.63) is 11.8 Å². The number of aromatic amines is 1. The van der Waals surface area contributed by atoms with Crippen LogP contribution in [0.2, 0.25) is 0 Å². The van der Waals surface area contributed by atoms with Crippen molar-refractivity contribution in [2.24, 2.45) is 0 Å². The molecule has 3 N–H and O–H groups in total. The van der Waals surface area contributed by atoms with Crippen molar-refractivity contribution in [1.29, 1.82) is 0 Å². The number of ether oxygens (including phenoxy) is 1. The minimum absolute atomic E-state index is 0.116. The van der Waals surface area contributed by atoms with E-state index in [-0.39, 0.29) is 6.61 Å². The SMILES string of the molecule is CCOC(=O)CNS(=O)(=O)c1[nH]ncc1C(=O)O. The first kappa shape index (κ1) is 14.1. The van der Waals surface area contributed by atoms with Crippen LogP contribution < -0.4 is 4.72 Å². The van der Waals surface area contributed by atoms with Crippen LogP contribution >= 0.6 is 0 Å². The molecule has 0 aliphatic rings. The molecule has 10 heteroatoms. The fraction of sp³-hybridized carbons (Fsp3) is 0.375. The normalized spacial score (nSPS) is 11.2. The topological polar surface area (TPSA) is 138 Å². The first-order valence-corrected chi connectivity index (χ1v) is 6.28. The number of H-pyrrole nitrogens is 1. The van der Waals surface area contributed by atoms with Gasteiger partial charge in [-0.15, -0.1) is 0 Å². The summed E-state index contributed by atoms with van der Waals surface area (Å²) in [5.41, 5.74) is -0.508. The number of sulfonamides is 1. The molecule has 0 spiro atoms. The highest BCUT2D eigenvalue weighted by Crippen LogP contribution is 2.11. The van der Waals surface area contributed by atoms with E-state index in [1.165, 1.54) is 0 Å². The second-order valence-corrected chi connectivity index (χ2v) is 4.75. The quantitative estimate of drug-likeness (QED) is 0.564. The van der Waals surface area contributed by atoms with E-state index >= 15 is 0 Å². The van der Waals surface area contributed by atoms with Gasteiger partial charge in [-0.05, 0) is 6.92 Å². The number of aromatic carboxylic acids is 1. The Kier molecular flexibility index (Phi) is 4.39. The Balaban J connectivity index is 2.84. The third-order valence-corrected chi connectivity index (χ3v) is 3.19. The standard InChI is InChI=1S/C8H11N3O6S/c1-2-17-6(12)4-10-18(15,16)7-5(8(13)14)3-9-11-7/h3,10H,2,4H2,1H3,(H,9,11)(H,13,14). The lowest BCUT2D eigenvalue weighted by molar-refractivity contribution is -0.141. The van der Waals surface area contributed by atoms with E-state index in [0.717, 1.165) is 6.20 Å². The molecule has 0 bridgehead atoms. The number of carboxylic acid groups (broad SMARTS) is 1. The van der Waals surface area contributed by atoms with Crippen molar-refractivity contribution in [2.75, 3.05) is 13.2 Å². The molecule has 0 radical (unpaired) electrons. The molecular weight excluding hydrogens is 266 g/mol. The monoisotopic (exact) mass is 277 g/mol. The maximum absolute atomic E-state index is 11.7. The molecule has 1 heterocycles. The number of hydrogen-bond donors (Lipinski definition) is 3. The number of carboxylic acids is 1. The fourth-order valence-electron chi connectivity index (χ4n) is 1.07. The van der Waals surface area contributed by atoms with Gasteiger partial charge in [-0.2, -0.15) is 9.82 Å². The lowest BCUT2D eigenvalue weighted by Gasteiger charge is -2.05. The lowest BCUT2D eigenvalue weighted by Crippen LogP contribution is -2.31. The van der Waals surface area contributed by atoms with Crippen molar-refractivity contribution < 1.29 is 27.9 Å². The maximum Gasteiger partial charge on any atom is 0.340 e. The molecule has 0 amide bonds. The first-order valence-electron chi connectivity index (χ1n) is 4.80. The van der Waals surface area contributed by atoms with Gasteiger partial charge in [0.1, 0.15) is 12.1 Å². The summed E-state index contributed by atoms with van der Waals surface area (Å²) in [6.07, 6.45) is 0.862. The van der Waals surface area contributed by atoms with Crippen molar-refractivity contribution in [1.82, 2.24) is 14.9 Å². The average Bonchev–Trinajstić information content (AvgIpc) is 2.76. The van der Waals surface area contributed by atoms with E-state index in [4.69, 9.17) is 5.11 Å². The van der Waals surface area contributed by atoms with Crippen LogP contribution in [0.25, 0.3) is 0 Å². The fourth-order valence-corrected chi connectivity index (χ4v) is 2.12. The third kappa shape index (κ3) is 3.28. The van der Waals surface area contributed by atoms with Crippen LogP contribution in [0, 0.1) is 0 Å². The Morgan fingerprint density at radius 1 is 1.56 bits per heavy atom. The number of aromatic nitrogens is 2. The smallest absolute Gasteiger partial charge is 0.340 e. The van der Waals surface area contributed by atoms with Crippen molar-refractivity contribution in [2.45, 2.75) is 11.9 Å². The van der Waals surface area contributed by atoms with Gasteiger partial charge in [0.15, 0.2) is 5.03 Å². The molecule has 1 aromatic heterocycles. The minimum atomic E-state index is -4.16. The molecule has 0 fully saturated rings. The van der Waals surface area contributed by atoms with Gasteiger partial charge in [0.2, 0.25) is 0 Å². The van der Waals surface area contributed by atoms with Gasteiger partial charge in [-0.25, -0.2) is 13.2 Å². The molecule has 1 aromatic rings. The molecule has 18 heavy (non-hydrogen) atoms. The zero-order chi connectivity index (χ0) is 13.8. The van der Waals surface area contributed by atoms with Gasteiger partial charge in [0.05, 0.1) is 12.8 Å². The summed E-state index contributed by atoms with van der Waals surface area (Å²) in [4.78, 5) is 21.7. The van der Waals surface area contributed by atoms with E-state index in [1.807, 2.05) is 9.82 Å². The predicted molar refractivity (Wildman–Crippen MR) is 57.4 cm³/mol. The zero-order valence-corrected chi connectivity index (χ0v) is 10.2. The molecule has 0 atom stereocenters. The van der Waals surface area contributed by atoms with Crippen LogP contribution in [0.5, 0.6) is 0 Å². The summed E-state index contributed by atoms with van der Waals surface area (Å²) in [7, 11) is -4.16. The van der Waals surface area contributed by atoms with E-state index in [2.05, 4.69) is 9.84 Å². The highest BCUT2D eigenvalue weighted by molar-refractivity contribution is 7.89. The molecule has 0 aliphatic carbocycles. The Morgan fingerprint density at radius 3 is 2.78 bits per heavy atom. The predicted octanol–water partition coefficient (Wildman–Crippen LogP) is -1.05. The van der Waals surface area contributed by atoms with Crippen LogP contribution in [0.1, 0.15) is 17.3 Å². The number of carbonyl (C=O) groups excluding carboxylic acids is 1. The van der Waals surface area contributed by atoms with Gasteiger partial charge < -0.3 is 9.84 Å². The Hall–Kier alpha value is -1.94. The van der Waals surface area contributed by atoms with E-state index < -0.39 is 39.1 Å². The number of esters is 1. The lowest BCUT2D eigenvalue weighted by atomic mass is 10.4. The Morgan fingerprint density at radius 2 is 2.22 bits per heavy atom. The highest BCUT2D eigenvalue weighted by atomic mass is 32.2. The summed E-state index contributed by atoms with van der Waals surface area (Å²) < 4.78 is 29.8. The van der Waals surface area contributed by atoms with Gasteiger partial charge in [-0.3, -0.25) is 9.89 Å². The molecule has 0 saturated carbocycles. The van der Waals surface area contributed by atoms with Crippen LogP contribution in [0.3, 0.4) is 0 Å². The van der Waals surface area contributed by atoms with Crippen LogP contribution in [0.15, 0.2) is 11.2 Å². The average molecular weight is 277 g/mol. The Labute approximate surface area is 102 Å².